The Hall–Kier alpha value is -1.43. The van der Waals surface area contributed by atoms with Crippen molar-refractivity contribution in [1.29, 1.82) is 0 Å². The van der Waals surface area contributed by atoms with Gasteiger partial charge in [-0.05, 0) is 13.8 Å². The van der Waals surface area contributed by atoms with Crippen molar-refractivity contribution in [3.8, 4) is 0 Å². The topological polar surface area (TPSA) is 64.1 Å². The van der Waals surface area contributed by atoms with Crippen molar-refractivity contribution in [2.75, 3.05) is 6.61 Å². The van der Waals surface area contributed by atoms with Gasteiger partial charge in [-0.15, -0.1) is 0 Å². The lowest BCUT2D eigenvalue weighted by Gasteiger charge is -2.36. The summed E-state index contributed by atoms with van der Waals surface area (Å²) in [6, 6.07) is -0.763. The monoisotopic (exact) mass is 257 g/mol. The first-order chi connectivity index (χ1) is 8.95. The van der Waals surface area contributed by atoms with Gasteiger partial charge in [-0.1, -0.05) is 6.92 Å². The summed E-state index contributed by atoms with van der Waals surface area (Å²) in [6.07, 6.45) is -0.381. The van der Waals surface area contributed by atoms with Crippen molar-refractivity contribution in [2.45, 2.75) is 39.1 Å². The fraction of sp³-hybridized carbons (Fsp3) is 0.667. The molecule has 100 valence electrons. The molecule has 18 heavy (non-hydrogen) atoms. The van der Waals surface area contributed by atoms with Gasteiger partial charge in [-0.3, -0.25) is 14.3 Å². The Morgan fingerprint density at radius 1 is 1.61 bits per heavy atom. The van der Waals surface area contributed by atoms with Crippen LogP contribution < -0.4 is 11.2 Å². The predicted octanol–water partition coefficient (Wildman–Crippen LogP) is 0.779. The molecule has 4 unspecified atom stereocenters. The van der Waals surface area contributed by atoms with Gasteiger partial charge in [0, 0.05) is 19.0 Å². The lowest BCUT2D eigenvalue weighted by molar-refractivity contribution is -0.0817. The Morgan fingerprint density at radius 3 is 3.00 bits per heavy atom. The summed E-state index contributed by atoms with van der Waals surface area (Å²) < 4.78 is 28.2. The summed E-state index contributed by atoms with van der Waals surface area (Å²) in [5.74, 6) is -0.463. The third kappa shape index (κ3) is 2.12. The molecule has 1 aliphatic heterocycles. The third-order valence-electron chi connectivity index (χ3n) is 3.44. The lowest BCUT2D eigenvalue weighted by Crippen LogP contribution is -2.46. The van der Waals surface area contributed by atoms with E-state index in [9.17, 15) is 14.0 Å². The van der Waals surface area contributed by atoms with Gasteiger partial charge in [0.05, 0.1) is 18.8 Å². The molecular weight excluding hydrogens is 239 g/mol. The number of alkyl halides is 1. The second kappa shape index (κ2) is 4.68. The van der Waals surface area contributed by atoms with E-state index in [1.807, 2.05) is 0 Å². The van der Waals surface area contributed by atoms with E-state index < -0.39 is 35.5 Å². The molecule has 1 saturated heterocycles. The van der Waals surface area contributed by atoms with Gasteiger partial charge < -0.3 is 4.74 Å². The highest BCUT2D eigenvalue weighted by Crippen LogP contribution is 2.30. The van der Waals surface area contributed by atoms with Crippen molar-refractivity contribution >= 4 is 0 Å². The number of H-pyrrole nitrogens is 1. The molecule has 1 aromatic rings. The molecule has 1 aromatic heterocycles. The minimum Gasteiger partial charge on any atom is -0.376 e. The fourth-order valence-corrected chi connectivity index (χ4v) is 2.09. The lowest BCUT2D eigenvalue weighted by atomic mass is 9.92. The minimum absolute atomic E-state index is 0.00610. The first-order valence-corrected chi connectivity index (χ1v) is 5.82. The first kappa shape index (κ1) is 11.6. The molecule has 1 fully saturated rings. The molecule has 5 nitrogen and oxygen atoms in total. The second-order valence-electron chi connectivity index (χ2n) is 4.72. The largest absolute Gasteiger partial charge is 0.376 e. The van der Waals surface area contributed by atoms with Crippen LogP contribution in [0, 0.1) is 12.8 Å². The number of hydrogen-bond acceptors (Lipinski definition) is 3. The van der Waals surface area contributed by atoms with Crippen LogP contribution in [0.3, 0.4) is 0 Å². The first-order valence-electron chi connectivity index (χ1n) is 6.53. The molecule has 6 heteroatoms. The van der Waals surface area contributed by atoms with Crippen LogP contribution in [0.5, 0.6) is 0 Å². The van der Waals surface area contributed by atoms with Crippen molar-refractivity contribution in [3.63, 3.8) is 0 Å². The van der Waals surface area contributed by atoms with Gasteiger partial charge in [0.25, 0.3) is 5.56 Å². The molecule has 0 aliphatic carbocycles. The number of rotatable bonds is 1. The Morgan fingerprint density at radius 2 is 2.33 bits per heavy atom. The predicted molar refractivity (Wildman–Crippen MR) is 64.6 cm³/mol. The zero-order valence-electron chi connectivity index (χ0n) is 11.4. The highest BCUT2D eigenvalue weighted by atomic mass is 19.1. The van der Waals surface area contributed by atoms with E-state index in [4.69, 9.17) is 6.11 Å². The molecule has 0 radical (unpaired) electrons. The molecule has 2 heterocycles. The van der Waals surface area contributed by atoms with Crippen molar-refractivity contribution in [2.24, 2.45) is 5.92 Å². The fourth-order valence-electron chi connectivity index (χ4n) is 2.09. The summed E-state index contributed by atoms with van der Waals surface area (Å²) in [5.41, 5.74) is -0.754. The maximum absolute atomic E-state index is 14.4. The molecule has 0 bridgehead atoms. The van der Waals surface area contributed by atoms with Crippen molar-refractivity contribution in [3.05, 3.63) is 32.6 Å². The van der Waals surface area contributed by atoms with Crippen molar-refractivity contribution in [1.82, 2.24) is 9.55 Å². The van der Waals surface area contributed by atoms with Gasteiger partial charge in [0.15, 0.2) is 0 Å². The van der Waals surface area contributed by atoms with Gasteiger partial charge in [0.1, 0.15) is 6.17 Å². The summed E-state index contributed by atoms with van der Waals surface area (Å²) >= 11 is 0. The molecule has 2 rings (SSSR count). The average molecular weight is 257 g/mol. The summed E-state index contributed by atoms with van der Waals surface area (Å²) in [5, 5.41) is 0. The normalized spacial score (nSPS) is 33.2. The molecule has 1 N–H and O–H groups in total. The summed E-state index contributed by atoms with van der Waals surface area (Å²) in [7, 11) is 0. The number of halogens is 1. The Labute approximate surface area is 105 Å². The Balaban J connectivity index is 2.35. The molecule has 0 spiro atoms. The number of aromatic nitrogens is 2. The van der Waals surface area contributed by atoms with E-state index in [1.54, 1.807) is 13.8 Å². The average Bonchev–Trinajstić information content (AvgIpc) is 2.37. The summed E-state index contributed by atoms with van der Waals surface area (Å²) in [4.78, 5) is 25.2. The van der Waals surface area contributed by atoms with Gasteiger partial charge in [0.2, 0.25) is 0 Å². The van der Waals surface area contributed by atoms with Crippen LogP contribution in [0.1, 0.15) is 26.8 Å². The number of aryl methyl sites for hydroxylation is 1. The highest BCUT2D eigenvalue weighted by Gasteiger charge is 2.37. The van der Waals surface area contributed by atoms with Gasteiger partial charge >= 0.3 is 5.69 Å². The van der Waals surface area contributed by atoms with Crippen LogP contribution in [0.4, 0.5) is 4.39 Å². The smallest absolute Gasteiger partial charge is 0.328 e. The number of aromatic amines is 1. The maximum Gasteiger partial charge on any atom is 0.328 e. The molecule has 0 amide bonds. The third-order valence-corrected chi connectivity index (χ3v) is 3.44. The van der Waals surface area contributed by atoms with E-state index in [0.29, 0.717) is 5.56 Å². The summed E-state index contributed by atoms with van der Waals surface area (Å²) in [6.45, 7) is 3.25. The van der Waals surface area contributed by atoms with Gasteiger partial charge in [-0.2, -0.15) is 0 Å². The van der Waals surface area contributed by atoms with E-state index in [0.717, 1.165) is 0 Å². The minimum atomic E-state index is -1.29. The molecule has 0 aromatic carbocycles. The number of nitrogens with one attached hydrogen (secondary N) is 1. The SMILES string of the molecule is [2H]CC1OCC(n2cc(C)c(=O)[nH]c2=O)C(F)C1C. The maximum atomic E-state index is 14.4. The Bertz CT molecular complexity index is 571. The van der Waals surface area contributed by atoms with Crippen LogP contribution >= 0.6 is 0 Å². The van der Waals surface area contributed by atoms with E-state index in [-0.39, 0.29) is 13.5 Å². The standard InChI is InChI=1S/C12H17FN2O3/c1-6-4-15(12(17)14-11(6)16)9-5-18-8(3)7(2)10(9)13/h4,7-10H,5H2,1-3H3,(H,14,16,17)/i3D. The number of ether oxygens (including phenoxy) is 1. The van der Waals surface area contributed by atoms with Crippen LogP contribution in [-0.4, -0.2) is 28.4 Å². The molecule has 0 saturated carbocycles. The van der Waals surface area contributed by atoms with Crippen LogP contribution in [0.2, 0.25) is 0 Å². The zero-order valence-corrected chi connectivity index (χ0v) is 10.4. The highest BCUT2D eigenvalue weighted by molar-refractivity contribution is 5.03. The van der Waals surface area contributed by atoms with E-state index in [2.05, 4.69) is 4.98 Å². The number of nitrogens with zero attached hydrogens (tertiary/aromatic N) is 1. The van der Waals surface area contributed by atoms with Crippen molar-refractivity contribution < 1.29 is 10.5 Å². The van der Waals surface area contributed by atoms with Crippen LogP contribution in [0.25, 0.3) is 0 Å². The zero-order chi connectivity index (χ0) is 14.2. The van der Waals surface area contributed by atoms with Crippen LogP contribution in [-0.2, 0) is 4.74 Å². The van der Waals surface area contributed by atoms with E-state index >= 15 is 0 Å². The Kier molecular flexibility index (Phi) is 3.03. The van der Waals surface area contributed by atoms with Crippen LogP contribution in [0.15, 0.2) is 15.8 Å². The number of hydrogen-bond donors (Lipinski definition) is 1. The van der Waals surface area contributed by atoms with Gasteiger partial charge in [-0.25, -0.2) is 9.18 Å². The van der Waals surface area contributed by atoms with E-state index in [1.165, 1.54) is 10.8 Å². The molecule has 1 aliphatic rings. The second-order valence-corrected chi connectivity index (χ2v) is 4.72. The molecular formula is C12H17FN2O3. The quantitative estimate of drug-likeness (QED) is 0.808. The molecule has 4 atom stereocenters.